The molecule has 14 heteroatoms. The molecule has 9 atom stereocenters. The van der Waals surface area contributed by atoms with E-state index in [9.17, 15) is 49.5 Å². The third-order valence-corrected chi connectivity index (χ3v) is 11.8. The molecule has 0 amide bonds. The summed E-state index contributed by atoms with van der Waals surface area (Å²) in [5, 5.41) is -5.81. The highest BCUT2D eigenvalue weighted by atomic mass is 32.2. The maximum absolute atomic E-state index is 13.8. The predicted octanol–water partition coefficient (Wildman–Crippen LogP) is 4.94. The van der Waals surface area contributed by atoms with Crippen molar-refractivity contribution in [2.75, 3.05) is 0 Å². The lowest BCUT2D eigenvalue weighted by Crippen LogP contribution is -2.60. The van der Waals surface area contributed by atoms with Gasteiger partial charge in [0.25, 0.3) is 6.10 Å². The van der Waals surface area contributed by atoms with E-state index in [0.29, 0.717) is 32.1 Å². The minimum atomic E-state index is -6.54. The van der Waals surface area contributed by atoms with Crippen molar-refractivity contribution in [2.45, 2.75) is 96.1 Å². The van der Waals surface area contributed by atoms with Crippen molar-refractivity contribution in [3.63, 3.8) is 0 Å². The number of alkyl halides is 5. The molecule has 0 radical (unpaired) electrons. The molecule has 0 aromatic carbocycles. The van der Waals surface area contributed by atoms with Crippen LogP contribution in [-0.4, -0.2) is 53.8 Å². The van der Waals surface area contributed by atoms with Gasteiger partial charge in [0.05, 0.1) is 0 Å². The molecule has 232 valence electrons. The number of ketones is 3. The lowest BCUT2D eigenvalue weighted by Gasteiger charge is -2.58. The Morgan fingerprint density at radius 2 is 1.68 bits per heavy atom. The van der Waals surface area contributed by atoms with Crippen molar-refractivity contribution < 1.29 is 58.8 Å². The van der Waals surface area contributed by atoms with Crippen LogP contribution in [0.2, 0.25) is 0 Å². The van der Waals surface area contributed by atoms with Gasteiger partial charge in [-0.2, -0.15) is 30.4 Å². The summed E-state index contributed by atoms with van der Waals surface area (Å²) in [7, 11) is -6.54. The summed E-state index contributed by atoms with van der Waals surface area (Å²) in [6, 6.07) is 0. The van der Waals surface area contributed by atoms with Gasteiger partial charge in [-0.15, -0.1) is 0 Å². The third kappa shape index (κ3) is 5.25. The average Bonchev–Trinajstić information content (AvgIpc) is 3.19. The number of hydrogen-bond acceptors (Lipinski definition) is 7. The number of halogens is 5. The van der Waals surface area contributed by atoms with E-state index >= 15 is 0 Å². The van der Waals surface area contributed by atoms with Gasteiger partial charge in [0, 0.05) is 43.4 Å². The Kier molecular flexibility index (Phi) is 8.06. The molecular formula is C27H35F5O8S. The largest absolute Gasteiger partial charge is 0.445 e. The highest BCUT2D eigenvalue weighted by Crippen LogP contribution is 2.66. The number of fused-ring (bicyclic) bond motifs is 5. The van der Waals surface area contributed by atoms with Crippen molar-refractivity contribution in [1.82, 2.24) is 0 Å². The van der Waals surface area contributed by atoms with Crippen LogP contribution in [0.25, 0.3) is 0 Å². The molecule has 0 aromatic heterocycles. The van der Waals surface area contributed by atoms with E-state index in [1.54, 1.807) is 13.8 Å². The zero-order valence-electron chi connectivity index (χ0n) is 23.0. The van der Waals surface area contributed by atoms with E-state index in [1.165, 1.54) is 0 Å². The summed E-state index contributed by atoms with van der Waals surface area (Å²) in [6.07, 6.45) is -8.36. The van der Waals surface area contributed by atoms with Crippen LogP contribution in [0, 0.1) is 46.3 Å². The molecule has 2 unspecified atom stereocenters. The molecule has 0 spiro atoms. The van der Waals surface area contributed by atoms with Crippen LogP contribution < -0.4 is 0 Å². The van der Waals surface area contributed by atoms with E-state index < -0.39 is 51.4 Å². The lowest BCUT2D eigenvalue weighted by atomic mass is 9.44. The molecule has 0 saturated heterocycles. The number of Topliss-reactive ketones (excluding diaryl/α,β-unsaturated/α-hetero) is 3. The molecule has 4 saturated carbocycles. The minimum absolute atomic E-state index is 0.0304. The minimum Gasteiger partial charge on any atom is -0.445 e. The van der Waals surface area contributed by atoms with E-state index in [-0.39, 0.29) is 71.6 Å². The Bertz CT molecular complexity index is 1230. The first-order valence-electron chi connectivity index (χ1n) is 13.8. The number of esters is 1. The first kappa shape index (κ1) is 32.0. The number of rotatable bonds is 7. The van der Waals surface area contributed by atoms with Gasteiger partial charge in [0.15, 0.2) is 0 Å². The summed E-state index contributed by atoms with van der Waals surface area (Å²) in [6.45, 7) is 5.55. The summed E-state index contributed by atoms with van der Waals surface area (Å²) >= 11 is 0. The highest BCUT2D eigenvalue weighted by Gasteiger charge is 2.67. The number of carbonyl (C=O) groups is 4. The van der Waals surface area contributed by atoms with Crippen LogP contribution in [0.1, 0.15) is 78.6 Å². The van der Waals surface area contributed by atoms with Crippen molar-refractivity contribution >= 4 is 33.4 Å². The quantitative estimate of drug-likeness (QED) is 0.242. The van der Waals surface area contributed by atoms with Crippen LogP contribution in [-0.2, 0) is 34.0 Å². The van der Waals surface area contributed by atoms with Crippen molar-refractivity contribution in [1.29, 1.82) is 0 Å². The molecule has 4 aliphatic rings. The zero-order chi connectivity index (χ0) is 30.9. The number of ether oxygens (including phenoxy) is 1. The molecule has 8 nitrogen and oxygen atoms in total. The van der Waals surface area contributed by atoms with Gasteiger partial charge in [-0.1, -0.05) is 20.8 Å². The first-order valence-corrected chi connectivity index (χ1v) is 15.3. The Morgan fingerprint density at radius 1 is 1.05 bits per heavy atom. The van der Waals surface area contributed by atoms with Gasteiger partial charge in [-0.05, 0) is 60.7 Å². The van der Waals surface area contributed by atoms with Crippen LogP contribution in [0.3, 0.4) is 0 Å². The lowest BCUT2D eigenvalue weighted by molar-refractivity contribution is -0.259. The van der Waals surface area contributed by atoms with Crippen LogP contribution in [0.15, 0.2) is 0 Å². The van der Waals surface area contributed by atoms with Gasteiger partial charge in [0.1, 0.15) is 17.3 Å². The van der Waals surface area contributed by atoms with Gasteiger partial charge in [0.2, 0.25) is 0 Å². The van der Waals surface area contributed by atoms with Gasteiger partial charge in [-0.25, -0.2) is 0 Å². The normalized spacial score (nSPS) is 37.6. The molecule has 0 aromatic rings. The molecule has 1 N–H and O–H groups in total. The Hall–Kier alpha value is -1.96. The molecule has 0 aliphatic heterocycles. The Morgan fingerprint density at radius 3 is 2.27 bits per heavy atom. The monoisotopic (exact) mass is 614 g/mol. The van der Waals surface area contributed by atoms with Gasteiger partial charge < -0.3 is 4.74 Å². The summed E-state index contributed by atoms with van der Waals surface area (Å²) in [5.41, 5.74) is -1.24. The number of hydrogen-bond donors (Lipinski definition) is 1. The van der Waals surface area contributed by atoms with Crippen LogP contribution in [0.4, 0.5) is 22.0 Å². The molecule has 41 heavy (non-hydrogen) atoms. The maximum Gasteiger partial charge on any atom is 0.432 e. The highest BCUT2D eigenvalue weighted by molar-refractivity contribution is 7.86. The van der Waals surface area contributed by atoms with Crippen molar-refractivity contribution in [3.05, 3.63) is 0 Å². The predicted molar refractivity (Wildman–Crippen MR) is 132 cm³/mol. The number of carbonyl (C=O) groups excluding carboxylic acids is 4. The maximum atomic E-state index is 13.8. The summed E-state index contributed by atoms with van der Waals surface area (Å²) in [5.74, 6) is -3.26. The van der Waals surface area contributed by atoms with Crippen molar-refractivity contribution in [2.24, 2.45) is 46.3 Å². The second-order valence-electron chi connectivity index (χ2n) is 12.9. The summed E-state index contributed by atoms with van der Waals surface area (Å²) in [4.78, 5) is 51.5. The summed E-state index contributed by atoms with van der Waals surface area (Å²) < 4.78 is 101. The smallest absolute Gasteiger partial charge is 0.432 e. The van der Waals surface area contributed by atoms with E-state index in [1.807, 2.05) is 0 Å². The second-order valence-corrected chi connectivity index (χ2v) is 14.4. The molecule has 4 aliphatic carbocycles. The van der Waals surface area contributed by atoms with Crippen LogP contribution in [0.5, 0.6) is 0 Å². The van der Waals surface area contributed by atoms with Gasteiger partial charge in [-0.3, -0.25) is 23.7 Å². The fourth-order valence-electron chi connectivity index (χ4n) is 8.59. The van der Waals surface area contributed by atoms with Crippen molar-refractivity contribution in [3.8, 4) is 0 Å². The second kappa shape index (κ2) is 10.3. The first-order chi connectivity index (χ1) is 18.7. The average molecular weight is 615 g/mol. The topological polar surface area (TPSA) is 132 Å². The molecular weight excluding hydrogens is 579 g/mol. The SMILES string of the molecule is CC(CCC(=O)OC(C(F)(F)F)C(F)(F)S(=O)(=O)O)[C@H]1CC[C@H]2[C@@H]3C(=O)C[C@@H]4CC(=O)CC[C@]4(C)[C@H]3CC(=O)[C@]12C. The third-order valence-electron chi connectivity index (χ3n) is 10.9. The van der Waals surface area contributed by atoms with E-state index in [0.717, 1.165) is 0 Å². The Labute approximate surface area is 234 Å². The standard InChI is InChI=1S/C27H35F5O8S/c1-13(4-7-21(36)40-23(26(28,29)30)27(31,32)41(37,38)39)16-5-6-17-22-18(12-20(35)25(16,17)3)24(2)9-8-15(33)10-14(24)11-19(22)34/h13-14,16-18,22-23H,4-12H2,1-3H3,(H,37,38,39)/t13?,14-,16+,17-,18-,22-,23?,24-,25+/m0/s1. The van der Waals surface area contributed by atoms with E-state index in [4.69, 9.17) is 4.55 Å². The fraction of sp³-hybridized carbons (Fsp3) is 0.852. The molecule has 0 heterocycles. The molecule has 4 rings (SSSR count). The van der Waals surface area contributed by atoms with Gasteiger partial charge >= 0.3 is 27.5 Å². The molecule has 4 fully saturated rings. The zero-order valence-corrected chi connectivity index (χ0v) is 23.8. The molecule has 0 bridgehead atoms. The fourth-order valence-corrected chi connectivity index (χ4v) is 9.04. The van der Waals surface area contributed by atoms with Crippen LogP contribution >= 0.6 is 0 Å². The van der Waals surface area contributed by atoms with E-state index in [2.05, 4.69) is 11.7 Å². The Balaban J connectivity index is 1.47.